The molecule has 0 radical (unpaired) electrons. The van der Waals surface area contributed by atoms with Crippen LogP contribution in [0, 0.1) is 23.7 Å². The molecule has 6 heteroatoms. The summed E-state index contributed by atoms with van der Waals surface area (Å²) in [6, 6.07) is 0. The zero-order valence-electron chi connectivity index (χ0n) is 13.5. The van der Waals surface area contributed by atoms with Gasteiger partial charge in [0.05, 0.1) is 22.5 Å². The Bertz CT molecular complexity index is 673. The van der Waals surface area contributed by atoms with Crippen molar-refractivity contribution >= 4 is 23.2 Å². The van der Waals surface area contributed by atoms with E-state index in [0.29, 0.717) is 6.54 Å². The molecule has 1 amide bonds. The summed E-state index contributed by atoms with van der Waals surface area (Å²) in [5.41, 5.74) is 1.25. The van der Waals surface area contributed by atoms with Crippen molar-refractivity contribution < 1.29 is 14.7 Å². The van der Waals surface area contributed by atoms with Gasteiger partial charge in [0.2, 0.25) is 5.91 Å². The van der Waals surface area contributed by atoms with E-state index in [-0.39, 0.29) is 17.7 Å². The van der Waals surface area contributed by atoms with E-state index in [1.165, 1.54) is 23.4 Å². The molecular formula is C18H22N2O3S. The number of aliphatic carboxylic acids is 1. The summed E-state index contributed by atoms with van der Waals surface area (Å²) in [7, 11) is 0. The first-order valence-electron chi connectivity index (χ1n) is 8.80. The van der Waals surface area contributed by atoms with Gasteiger partial charge in [0.25, 0.3) is 0 Å². The van der Waals surface area contributed by atoms with Gasteiger partial charge in [-0.1, -0.05) is 12.2 Å². The second kappa shape index (κ2) is 6.31. The summed E-state index contributed by atoms with van der Waals surface area (Å²) < 4.78 is 0. The van der Waals surface area contributed by atoms with Crippen LogP contribution in [-0.2, 0) is 28.9 Å². The SMILES string of the molecule is O=C(O)C1C2C=CC(C2)C1C(=O)NCCc1nc2c(s1)CCCC2. The van der Waals surface area contributed by atoms with Crippen LogP contribution in [0.3, 0.4) is 0 Å². The summed E-state index contributed by atoms with van der Waals surface area (Å²) in [5, 5.41) is 13.5. The molecule has 0 spiro atoms. The Labute approximate surface area is 145 Å². The van der Waals surface area contributed by atoms with Gasteiger partial charge in [0.15, 0.2) is 0 Å². The molecular weight excluding hydrogens is 324 g/mol. The number of allylic oxidation sites excluding steroid dienone is 2. The van der Waals surface area contributed by atoms with Gasteiger partial charge in [0, 0.05) is 17.8 Å². The lowest BCUT2D eigenvalue weighted by Gasteiger charge is -2.23. The molecule has 5 nitrogen and oxygen atoms in total. The minimum Gasteiger partial charge on any atom is -0.481 e. The minimum absolute atomic E-state index is 0.0222. The van der Waals surface area contributed by atoms with Crippen LogP contribution in [0.25, 0.3) is 0 Å². The summed E-state index contributed by atoms with van der Waals surface area (Å²) in [5.74, 6) is -1.83. The lowest BCUT2D eigenvalue weighted by molar-refractivity contribution is -0.147. The number of aromatic nitrogens is 1. The van der Waals surface area contributed by atoms with Gasteiger partial charge in [-0.05, 0) is 43.9 Å². The average molecular weight is 346 g/mol. The smallest absolute Gasteiger partial charge is 0.307 e. The molecule has 0 saturated heterocycles. The molecule has 4 rings (SSSR count). The van der Waals surface area contributed by atoms with Crippen molar-refractivity contribution in [2.45, 2.75) is 38.5 Å². The zero-order chi connectivity index (χ0) is 16.7. The van der Waals surface area contributed by atoms with Gasteiger partial charge in [-0.15, -0.1) is 11.3 Å². The Morgan fingerprint density at radius 2 is 1.96 bits per heavy atom. The largest absolute Gasteiger partial charge is 0.481 e. The molecule has 3 aliphatic carbocycles. The van der Waals surface area contributed by atoms with Crippen molar-refractivity contribution in [1.29, 1.82) is 0 Å². The van der Waals surface area contributed by atoms with E-state index in [1.807, 2.05) is 12.2 Å². The van der Waals surface area contributed by atoms with Crippen molar-refractivity contribution in [1.82, 2.24) is 10.3 Å². The predicted molar refractivity (Wildman–Crippen MR) is 90.8 cm³/mol. The van der Waals surface area contributed by atoms with Crippen molar-refractivity contribution in [2.24, 2.45) is 23.7 Å². The Morgan fingerprint density at radius 1 is 1.21 bits per heavy atom. The molecule has 0 aliphatic heterocycles. The summed E-state index contributed by atoms with van der Waals surface area (Å²) in [6.07, 6.45) is 10.2. The Balaban J connectivity index is 1.34. The first-order valence-corrected chi connectivity index (χ1v) is 9.61. The molecule has 0 aromatic carbocycles. The van der Waals surface area contributed by atoms with E-state index < -0.39 is 17.8 Å². The van der Waals surface area contributed by atoms with Crippen LogP contribution >= 0.6 is 11.3 Å². The van der Waals surface area contributed by atoms with E-state index in [9.17, 15) is 14.7 Å². The summed E-state index contributed by atoms with van der Waals surface area (Å²) in [6.45, 7) is 0.537. The molecule has 1 aromatic heterocycles. The van der Waals surface area contributed by atoms with Crippen LogP contribution in [0.2, 0.25) is 0 Å². The van der Waals surface area contributed by atoms with E-state index in [2.05, 4.69) is 10.3 Å². The number of thiazole rings is 1. The Hall–Kier alpha value is -1.69. The normalized spacial score (nSPS) is 30.3. The number of aryl methyl sites for hydroxylation is 2. The number of carbonyl (C=O) groups excluding carboxylic acids is 1. The predicted octanol–water partition coefficient (Wildman–Crippen LogP) is 2.20. The number of nitrogens with zero attached hydrogens (tertiary/aromatic N) is 1. The third kappa shape index (κ3) is 2.77. The number of nitrogens with one attached hydrogen (secondary N) is 1. The Morgan fingerprint density at radius 3 is 2.71 bits per heavy atom. The summed E-state index contributed by atoms with van der Waals surface area (Å²) >= 11 is 1.77. The molecule has 4 unspecified atom stereocenters. The molecule has 1 saturated carbocycles. The minimum atomic E-state index is -0.848. The van der Waals surface area contributed by atoms with Crippen LogP contribution in [0.1, 0.15) is 34.8 Å². The lowest BCUT2D eigenvalue weighted by atomic mass is 9.82. The van der Waals surface area contributed by atoms with Crippen molar-refractivity contribution in [3.63, 3.8) is 0 Å². The Kier molecular flexibility index (Phi) is 4.16. The first kappa shape index (κ1) is 15.8. The highest BCUT2D eigenvalue weighted by Gasteiger charge is 2.51. The van der Waals surface area contributed by atoms with Gasteiger partial charge in [-0.3, -0.25) is 9.59 Å². The topological polar surface area (TPSA) is 79.3 Å². The van der Waals surface area contributed by atoms with Crippen molar-refractivity contribution in [3.8, 4) is 0 Å². The van der Waals surface area contributed by atoms with Crippen LogP contribution in [0.5, 0.6) is 0 Å². The van der Waals surface area contributed by atoms with Crippen LogP contribution < -0.4 is 5.32 Å². The van der Waals surface area contributed by atoms with Gasteiger partial charge < -0.3 is 10.4 Å². The van der Waals surface area contributed by atoms with E-state index in [1.54, 1.807) is 11.3 Å². The first-order chi connectivity index (χ1) is 11.6. The number of carbonyl (C=O) groups is 2. The standard InChI is InChI=1S/C18H22N2O3S/c21-17(15-10-5-6-11(9-10)16(15)18(22)23)19-8-7-14-20-12-3-1-2-4-13(12)24-14/h5-6,10-11,15-16H,1-4,7-9H2,(H,19,21)(H,22,23). The van der Waals surface area contributed by atoms with Crippen LogP contribution in [0.15, 0.2) is 12.2 Å². The molecule has 3 aliphatic rings. The van der Waals surface area contributed by atoms with Gasteiger partial charge in [0.1, 0.15) is 0 Å². The number of carboxylic acid groups (broad SMARTS) is 1. The highest BCUT2D eigenvalue weighted by Crippen LogP contribution is 2.48. The van der Waals surface area contributed by atoms with Crippen LogP contribution in [-0.4, -0.2) is 28.5 Å². The number of fused-ring (bicyclic) bond motifs is 3. The highest BCUT2D eigenvalue weighted by atomic mass is 32.1. The number of amides is 1. The summed E-state index contributed by atoms with van der Waals surface area (Å²) in [4.78, 5) is 30.1. The molecule has 4 atom stereocenters. The fourth-order valence-electron chi connectivity index (χ4n) is 4.44. The number of carboxylic acids is 1. The zero-order valence-corrected chi connectivity index (χ0v) is 14.3. The maximum absolute atomic E-state index is 12.5. The van der Waals surface area contributed by atoms with Crippen LogP contribution in [0.4, 0.5) is 0 Å². The third-order valence-electron chi connectivity index (χ3n) is 5.58. The quantitative estimate of drug-likeness (QED) is 0.801. The van der Waals surface area contributed by atoms with E-state index in [4.69, 9.17) is 0 Å². The molecule has 1 fully saturated rings. The van der Waals surface area contributed by atoms with Crippen molar-refractivity contribution in [2.75, 3.05) is 6.54 Å². The third-order valence-corrected chi connectivity index (χ3v) is 6.79. The molecule has 2 N–H and O–H groups in total. The fraction of sp³-hybridized carbons (Fsp3) is 0.611. The van der Waals surface area contributed by atoms with Gasteiger partial charge >= 0.3 is 5.97 Å². The van der Waals surface area contributed by atoms with Gasteiger partial charge in [-0.25, -0.2) is 4.98 Å². The monoisotopic (exact) mass is 346 g/mol. The molecule has 2 bridgehead atoms. The number of hydrogen-bond donors (Lipinski definition) is 2. The average Bonchev–Trinajstić information content (AvgIpc) is 3.27. The van der Waals surface area contributed by atoms with Crippen molar-refractivity contribution in [3.05, 3.63) is 27.7 Å². The van der Waals surface area contributed by atoms with E-state index in [0.717, 1.165) is 30.7 Å². The van der Waals surface area contributed by atoms with E-state index >= 15 is 0 Å². The molecule has 24 heavy (non-hydrogen) atoms. The number of hydrogen-bond acceptors (Lipinski definition) is 4. The molecule has 1 heterocycles. The molecule has 128 valence electrons. The fourth-order valence-corrected chi connectivity index (χ4v) is 5.60. The maximum atomic E-state index is 12.5. The maximum Gasteiger partial charge on any atom is 0.307 e. The second-order valence-corrected chi connectivity index (χ2v) is 8.23. The highest BCUT2D eigenvalue weighted by molar-refractivity contribution is 7.11. The second-order valence-electron chi connectivity index (χ2n) is 7.06. The lowest BCUT2D eigenvalue weighted by Crippen LogP contribution is -2.40. The number of rotatable bonds is 5. The molecule has 1 aromatic rings. The van der Waals surface area contributed by atoms with Gasteiger partial charge in [-0.2, -0.15) is 0 Å².